The third-order valence-corrected chi connectivity index (χ3v) is 5.05. The molecule has 3 rings (SSSR count). The molecule has 0 aliphatic carbocycles. The molecule has 2 aromatic rings. The van der Waals surface area contributed by atoms with Crippen LogP contribution in [0.3, 0.4) is 0 Å². The van der Waals surface area contributed by atoms with Gasteiger partial charge in [-0.3, -0.25) is 9.69 Å². The van der Waals surface area contributed by atoms with Gasteiger partial charge in [0.2, 0.25) is 11.9 Å². The molecule has 1 amide bonds. The number of carbonyl (C=O) groups is 1. The maximum absolute atomic E-state index is 12.5. The van der Waals surface area contributed by atoms with E-state index >= 15 is 0 Å². The summed E-state index contributed by atoms with van der Waals surface area (Å²) in [7, 11) is 0. The van der Waals surface area contributed by atoms with E-state index < -0.39 is 0 Å². The molecule has 0 atom stereocenters. The van der Waals surface area contributed by atoms with Crippen LogP contribution >= 0.6 is 0 Å². The van der Waals surface area contributed by atoms with Crippen LogP contribution in [-0.4, -0.2) is 53.5 Å². The molecule has 2 heterocycles. The van der Waals surface area contributed by atoms with E-state index in [0.29, 0.717) is 12.3 Å². The fourth-order valence-corrected chi connectivity index (χ4v) is 3.43. The average Bonchev–Trinajstić information content (AvgIpc) is 2.69. The smallest absolute Gasteiger partial charge is 0.225 e. The van der Waals surface area contributed by atoms with Crippen molar-refractivity contribution >= 4 is 17.5 Å². The van der Waals surface area contributed by atoms with Crippen LogP contribution in [0.2, 0.25) is 0 Å². The number of hydrogen-bond donors (Lipinski definition) is 1. The standard InChI is InChI=1S/C21H29N5O/c1-16(2)18-7-4-6-17(3)20(18)24-19(27)8-11-25-12-14-26(15-13-25)21-22-9-5-10-23-21/h4-7,9-10,16H,8,11-15H2,1-3H3,(H,24,27). The predicted molar refractivity (Wildman–Crippen MR) is 109 cm³/mol. The minimum absolute atomic E-state index is 0.0834. The molecular formula is C21H29N5O. The van der Waals surface area contributed by atoms with Crippen LogP contribution < -0.4 is 10.2 Å². The number of para-hydroxylation sites is 1. The topological polar surface area (TPSA) is 61.4 Å². The molecule has 1 fully saturated rings. The van der Waals surface area contributed by atoms with E-state index in [1.807, 2.05) is 19.1 Å². The van der Waals surface area contributed by atoms with Crippen molar-refractivity contribution in [1.82, 2.24) is 14.9 Å². The van der Waals surface area contributed by atoms with Crippen LogP contribution in [0.5, 0.6) is 0 Å². The normalized spacial score (nSPS) is 15.2. The molecular weight excluding hydrogens is 338 g/mol. The second kappa shape index (κ2) is 8.95. The van der Waals surface area contributed by atoms with Crippen LogP contribution in [0.15, 0.2) is 36.7 Å². The van der Waals surface area contributed by atoms with Gasteiger partial charge in [-0.2, -0.15) is 0 Å². The first-order valence-corrected chi connectivity index (χ1v) is 9.68. The number of rotatable bonds is 6. The highest BCUT2D eigenvalue weighted by Gasteiger charge is 2.19. The molecule has 6 heteroatoms. The van der Waals surface area contributed by atoms with Gasteiger partial charge in [-0.25, -0.2) is 9.97 Å². The van der Waals surface area contributed by atoms with Crippen molar-refractivity contribution in [2.75, 3.05) is 42.9 Å². The quantitative estimate of drug-likeness (QED) is 0.850. The van der Waals surface area contributed by atoms with Crippen molar-refractivity contribution in [3.05, 3.63) is 47.8 Å². The molecule has 0 unspecified atom stereocenters. The van der Waals surface area contributed by atoms with Crippen molar-refractivity contribution in [2.24, 2.45) is 0 Å². The SMILES string of the molecule is Cc1cccc(C(C)C)c1NC(=O)CCN1CCN(c2ncccn2)CC1. The molecule has 0 radical (unpaired) electrons. The highest BCUT2D eigenvalue weighted by Crippen LogP contribution is 2.27. The molecule has 0 saturated carbocycles. The highest BCUT2D eigenvalue weighted by molar-refractivity contribution is 5.92. The third-order valence-electron chi connectivity index (χ3n) is 5.05. The molecule has 1 aliphatic rings. The lowest BCUT2D eigenvalue weighted by atomic mass is 9.98. The number of anilines is 2. The summed E-state index contributed by atoms with van der Waals surface area (Å²) in [4.78, 5) is 25.6. The van der Waals surface area contributed by atoms with Crippen LogP contribution in [0.4, 0.5) is 11.6 Å². The van der Waals surface area contributed by atoms with E-state index in [4.69, 9.17) is 0 Å². The first kappa shape index (κ1) is 19.3. The van der Waals surface area contributed by atoms with Gasteiger partial charge in [0.25, 0.3) is 0 Å². The second-order valence-corrected chi connectivity index (χ2v) is 7.37. The highest BCUT2D eigenvalue weighted by atomic mass is 16.1. The first-order valence-electron chi connectivity index (χ1n) is 9.68. The molecule has 144 valence electrons. The number of piperazine rings is 1. The van der Waals surface area contributed by atoms with Gasteiger partial charge in [-0.1, -0.05) is 32.0 Å². The summed E-state index contributed by atoms with van der Waals surface area (Å²) >= 11 is 0. The Hall–Kier alpha value is -2.47. The zero-order valence-corrected chi connectivity index (χ0v) is 16.5. The fraction of sp³-hybridized carbons (Fsp3) is 0.476. The molecule has 0 spiro atoms. The number of benzene rings is 1. The summed E-state index contributed by atoms with van der Waals surface area (Å²) in [6, 6.07) is 8.03. The number of nitrogens with one attached hydrogen (secondary N) is 1. The first-order chi connectivity index (χ1) is 13.0. The summed E-state index contributed by atoms with van der Waals surface area (Å²) < 4.78 is 0. The Morgan fingerprint density at radius 1 is 1.11 bits per heavy atom. The van der Waals surface area contributed by atoms with E-state index in [1.165, 1.54) is 5.56 Å². The summed E-state index contributed by atoms with van der Waals surface area (Å²) in [5.74, 6) is 1.25. The minimum Gasteiger partial charge on any atom is -0.338 e. The van der Waals surface area contributed by atoms with Crippen LogP contribution in [0.25, 0.3) is 0 Å². The molecule has 0 bridgehead atoms. The summed E-state index contributed by atoms with van der Waals surface area (Å²) in [6.07, 6.45) is 4.06. The molecule has 6 nitrogen and oxygen atoms in total. The lowest BCUT2D eigenvalue weighted by Crippen LogP contribution is -2.47. The third kappa shape index (κ3) is 5.04. The van der Waals surface area contributed by atoms with Gasteiger partial charge in [0.05, 0.1) is 0 Å². The maximum atomic E-state index is 12.5. The predicted octanol–water partition coefficient (Wildman–Crippen LogP) is 3.06. The number of hydrogen-bond acceptors (Lipinski definition) is 5. The van der Waals surface area contributed by atoms with Gasteiger partial charge in [0.1, 0.15) is 0 Å². The maximum Gasteiger partial charge on any atom is 0.225 e. The Labute approximate surface area is 161 Å². The van der Waals surface area contributed by atoms with Crippen LogP contribution in [0, 0.1) is 6.92 Å². The van der Waals surface area contributed by atoms with Crippen molar-refractivity contribution < 1.29 is 4.79 Å². The minimum atomic E-state index is 0.0834. The Kier molecular flexibility index (Phi) is 6.40. The van der Waals surface area contributed by atoms with Crippen molar-refractivity contribution in [2.45, 2.75) is 33.1 Å². The number of aromatic nitrogens is 2. The number of aryl methyl sites for hydroxylation is 1. The number of amides is 1. The van der Waals surface area contributed by atoms with Gasteiger partial charge in [-0.05, 0) is 30.0 Å². The molecule has 27 heavy (non-hydrogen) atoms. The van der Waals surface area contributed by atoms with Gasteiger partial charge in [0, 0.05) is 57.2 Å². The van der Waals surface area contributed by atoms with Crippen LogP contribution in [-0.2, 0) is 4.79 Å². The fourth-order valence-electron chi connectivity index (χ4n) is 3.43. The number of nitrogens with zero attached hydrogens (tertiary/aromatic N) is 4. The van der Waals surface area contributed by atoms with Crippen molar-refractivity contribution in [3.8, 4) is 0 Å². The lowest BCUT2D eigenvalue weighted by Gasteiger charge is -2.34. The Balaban J connectivity index is 1.48. The summed E-state index contributed by atoms with van der Waals surface area (Å²) in [6.45, 7) is 10.8. The Morgan fingerprint density at radius 2 is 1.81 bits per heavy atom. The van der Waals surface area contributed by atoms with Crippen molar-refractivity contribution in [3.63, 3.8) is 0 Å². The van der Waals surface area contributed by atoms with Gasteiger partial charge in [0.15, 0.2) is 0 Å². The number of carbonyl (C=O) groups excluding carboxylic acids is 1. The summed E-state index contributed by atoms with van der Waals surface area (Å²) in [5.41, 5.74) is 3.29. The summed E-state index contributed by atoms with van der Waals surface area (Å²) in [5, 5.41) is 3.14. The molecule has 1 aromatic carbocycles. The average molecular weight is 367 g/mol. The van der Waals surface area contributed by atoms with E-state index in [0.717, 1.165) is 49.9 Å². The lowest BCUT2D eigenvalue weighted by molar-refractivity contribution is -0.116. The van der Waals surface area contributed by atoms with Gasteiger partial charge in [-0.15, -0.1) is 0 Å². The second-order valence-electron chi connectivity index (χ2n) is 7.37. The Morgan fingerprint density at radius 3 is 2.48 bits per heavy atom. The molecule has 1 aromatic heterocycles. The van der Waals surface area contributed by atoms with E-state index in [1.54, 1.807) is 12.4 Å². The zero-order chi connectivity index (χ0) is 19.2. The molecule has 1 aliphatic heterocycles. The van der Waals surface area contributed by atoms with E-state index in [2.05, 4.69) is 51.1 Å². The zero-order valence-electron chi connectivity index (χ0n) is 16.5. The molecule has 1 N–H and O–H groups in total. The van der Waals surface area contributed by atoms with E-state index in [-0.39, 0.29) is 5.91 Å². The monoisotopic (exact) mass is 367 g/mol. The van der Waals surface area contributed by atoms with Crippen molar-refractivity contribution in [1.29, 1.82) is 0 Å². The van der Waals surface area contributed by atoms with Crippen LogP contribution in [0.1, 0.15) is 37.3 Å². The van der Waals surface area contributed by atoms with E-state index in [9.17, 15) is 4.79 Å². The Bertz CT molecular complexity index is 754. The largest absolute Gasteiger partial charge is 0.338 e. The molecule has 1 saturated heterocycles. The van der Waals surface area contributed by atoms with Gasteiger partial charge < -0.3 is 10.2 Å². The van der Waals surface area contributed by atoms with Gasteiger partial charge >= 0.3 is 0 Å².